The van der Waals surface area contributed by atoms with E-state index in [0.29, 0.717) is 4.83 Å². The summed E-state index contributed by atoms with van der Waals surface area (Å²) in [6.45, 7) is 0. The summed E-state index contributed by atoms with van der Waals surface area (Å²) in [4.78, 5) is 2.24. The summed E-state index contributed by atoms with van der Waals surface area (Å²) < 4.78 is 0. The third-order valence-corrected chi connectivity index (χ3v) is 7.37. The van der Waals surface area contributed by atoms with Crippen LogP contribution < -0.4 is 0 Å². The molecule has 0 aliphatic heterocycles. The molecule has 0 nitrogen and oxygen atoms in total. The quantitative estimate of drug-likeness (QED) is 0.621. The molecule has 104 valence electrons. The van der Waals surface area contributed by atoms with E-state index >= 15 is 0 Å². The van der Waals surface area contributed by atoms with Crippen LogP contribution in [0.25, 0.3) is 0 Å². The van der Waals surface area contributed by atoms with Gasteiger partial charge in [0.2, 0.25) is 0 Å². The van der Waals surface area contributed by atoms with Gasteiger partial charge >= 0.3 is 0 Å². The van der Waals surface area contributed by atoms with Gasteiger partial charge in [-0.25, -0.2) is 0 Å². The maximum atomic E-state index is 4.00. The van der Waals surface area contributed by atoms with Crippen LogP contribution in [0.5, 0.6) is 0 Å². The molecular formula is C17H23BrS. The number of alkyl halides is 1. The van der Waals surface area contributed by atoms with Crippen LogP contribution in [0.15, 0.2) is 17.5 Å². The zero-order valence-electron chi connectivity index (χ0n) is 11.5. The van der Waals surface area contributed by atoms with Crippen molar-refractivity contribution in [3.8, 4) is 0 Å². The molecule has 1 aromatic rings. The lowest BCUT2D eigenvalue weighted by atomic mass is 9.48. The molecular weight excluding hydrogens is 316 g/mol. The number of hydrogen-bond donors (Lipinski definition) is 0. The highest BCUT2D eigenvalue weighted by Gasteiger charge is 2.51. The lowest BCUT2D eigenvalue weighted by Gasteiger charge is -2.57. The van der Waals surface area contributed by atoms with Crippen LogP contribution in [0.1, 0.15) is 49.8 Å². The highest BCUT2D eigenvalue weighted by Crippen LogP contribution is 2.62. The molecule has 1 atom stereocenters. The van der Waals surface area contributed by atoms with E-state index in [2.05, 4.69) is 33.4 Å². The second kappa shape index (κ2) is 4.87. The lowest BCUT2D eigenvalue weighted by Crippen LogP contribution is -2.47. The van der Waals surface area contributed by atoms with Crippen molar-refractivity contribution in [1.29, 1.82) is 0 Å². The Morgan fingerprint density at radius 2 is 1.79 bits per heavy atom. The predicted molar refractivity (Wildman–Crippen MR) is 86.0 cm³/mol. The van der Waals surface area contributed by atoms with Crippen LogP contribution in [0.3, 0.4) is 0 Å². The zero-order valence-corrected chi connectivity index (χ0v) is 13.9. The highest BCUT2D eigenvalue weighted by atomic mass is 79.9. The maximum absolute atomic E-state index is 4.00. The Labute approximate surface area is 129 Å². The summed E-state index contributed by atoms with van der Waals surface area (Å²) in [6, 6.07) is 4.48. The maximum Gasteiger partial charge on any atom is 0.0199 e. The molecule has 1 aromatic heterocycles. The molecule has 1 heterocycles. The van der Waals surface area contributed by atoms with Crippen LogP contribution >= 0.6 is 27.3 Å². The summed E-state index contributed by atoms with van der Waals surface area (Å²) in [5, 5.41) is 2.21. The fraction of sp³-hybridized carbons (Fsp3) is 0.765. The topological polar surface area (TPSA) is 0 Å². The average Bonchev–Trinajstić information content (AvgIpc) is 2.78. The second-order valence-corrected chi connectivity index (χ2v) is 9.83. The van der Waals surface area contributed by atoms with E-state index in [-0.39, 0.29) is 0 Å². The Hall–Kier alpha value is 0.180. The molecule has 0 saturated heterocycles. The fourth-order valence-corrected chi connectivity index (χ4v) is 7.77. The first-order valence-corrected chi connectivity index (χ1v) is 9.67. The van der Waals surface area contributed by atoms with Crippen molar-refractivity contribution in [3.63, 3.8) is 0 Å². The minimum Gasteiger partial charge on any atom is -0.149 e. The van der Waals surface area contributed by atoms with Gasteiger partial charge in [0.05, 0.1) is 0 Å². The molecule has 0 radical (unpaired) electrons. The first kappa shape index (κ1) is 12.9. The van der Waals surface area contributed by atoms with Gasteiger partial charge in [0, 0.05) is 9.70 Å². The fourth-order valence-electron chi connectivity index (χ4n) is 5.73. The van der Waals surface area contributed by atoms with Crippen LogP contribution in [0, 0.1) is 23.2 Å². The van der Waals surface area contributed by atoms with E-state index < -0.39 is 0 Å². The molecule has 2 heteroatoms. The van der Waals surface area contributed by atoms with E-state index in [9.17, 15) is 0 Å². The minimum absolute atomic E-state index is 0.697. The van der Waals surface area contributed by atoms with E-state index in [4.69, 9.17) is 0 Å². The van der Waals surface area contributed by atoms with Gasteiger partial charge in [-0.3, -0.25) is 0 Å². The standard InChI is InChI=1S/C17H23BrS/c18-15(7-16-2-1-3-19-16)11-17-8-12-4-13(9-17)6-14(5-12)10-17/h1-3,12-15H,4-11H2. The molecule has 1 unspecified atom stereocenters. The third-order valence-electron chi connectivity index (χ3n) is 5.82. The Bertz CT molecular complexity index is 401. The third kappa shape index (κ3) is 2.55. The number of halogens is 1. The SMILES string of the molecule is BrC(Cc1cccs1)CC12CC3CC(CC(C3)C1)C2. The summed E-state index contributed by atoms with van der Waals surface area (Å²) in [6.07, 6.45) is 12.0. The first-order valence-electron chi connectivity index (χ1n) is 7.87. The van der Waals surface area contributed by atoms with Crippen molar-refractivity contribution in [2.75, 3.05) is 0 Å². The molecule has 19 heavy (non-hydrogen) atoms. The number of hydrogen-bond acceptors (Lipinski definition) is 1. The van der Waals surface area contributed by atoms with Gasteiger partial charge in [0.25, 0.3) is 0 Å². The van der Waals surface area contributed by atoms with Gasteiger partial charge in [-0.05, 0) is 86.0 Å². The van der Waals surface area contributed by atoms with Gasteiger partial charge < -0.3 is 0 Å². The van der Waals surface area contributed by atoms with Gasteiger partial charge in [-0.2, -0.15) is 0 Å². The van der Waals surface area contributed by atoms with Gasteiger partial charge in [0.15, 0.2) is 0 Å². The summed E-state index contributed by atoms with van der Waals surface area (Å²) in [5.41, 5.74) is 0.722. The number of rotatable bonds is 4. The summed E-state index contributed by atoms with van der Waals surface area (Å²) >= 11 is 5.91. The van der Waals surface area contributed by atoms with E-state index in [1.54, 1.807) is 43.4 Å². The van der Waals surface area contributed by atoms with Crippen molar-refractivity contribution in [2.24, 2.45) is 23.2 Å². The van der Waals surface area contributed by atoms with Crippen LogP contribution in [-0.2, 0) is 6.42 Å². The lowest BCUT2D eigenvalue weighted by molar-refractivity contribution is -0.0569. The van der Waals surface area contributed by atoms with Gasteiger partial charge in [-0.1, -0.05) is 22.0 Å². The second-order valence-electron chi connectivity index (χ2n) is 7.50. The minimum atomic E-state index is 0.697. The molecule has 4 aliphatic rings. The Balaban J connectivity index is 1.44. The van der Waals surface area contributed by atoms with Crippen molar-refractivity contribution in [3.05, 3.63) is 22.4 Å². The predicted octanol–water partition coefficient (Wildman–Crippen LogP) is 5.66. The van der Waals surface area contributed by atoms with E-state index in [1.165, 1.54) is 12.8 Å². The van der Waals surface area contributed by atoms with Crippen LogP contribution in [-0.4, -0.2) is 4.83 Å². The van der Waals surface area contributed by atoms with Gasteiger partial charge in [-0.15, -0.1) is 11.3 Å². The first-order chi connectivity index (χ1) is 9.21. The monoisotopic (exact) mass is 338 g/mol. The molecule has 4 aliphatic carbocycles. The molecule has 4 saturated carbocycles. The molecule has 0 aromatic carbocycles. The molecule has 5 rings (SSSR count). The molecule has 4 bridgehead atoms. The average molecular weight is 339 g/mol. The van der Waals surface area contributed by atoms with Crippen molar-refractivity contribution in [1.82, 2.24) is 0 Å². The zero-order chi connectivity index (χ0) is 12.9. The Morgan fingerprint density at radius 1 is 1.16 bits per heavy atom. The molecule has 0 N–H and O–H groups in total. The van der Waals surface area contributed by atoms with Crippen molar-refractivity contribution in [2.45, 2.75) is 56.2 Å². The Morgan fingerprint density at radius 3 is 2.32 bits per heavy atom. The number of thiophene rings is 1. The van der Waals surface area contributed by atoms with Crippen molar-refractivity contribution < 1.29 is 0 Å². The van der Waals surface area contributed by atoms with Crippen molar-refractivity contribution >= 4 is 27.3 Å². The van der Waals surface area contributed by atoms with E-state index in [1.807, 2.05) is 11.3 Å². The summed E-state index contributed by atoms with van der Waals surface area (Å²) in [7, 11) is 0. The largest absolute Gasteiger partial charge is 0.149 e. The molecule has 4 fully saturated rings. The van der Waals surface area contributed by atoms with Crippen LogP contribution in [0.2, 0.25) is 0 Å². The summed E-state index contributed by atoms with van der Waals surface area (Å²) in [5.74, 6) is 3.27. The molecule has 0 amide bonds. The van der Waals surface area contributed by atoms with Gasteiger partial charge in [0.1, 0.15) is 0 Å². The normalized spacial score (nSPS) is 41.6. The van der Waals surface area contributed by atoms with Crippen LogP contribution in [0.4, 0.5) is 0 Å². The highest BCUT2D eigenvalue weighted by molar-refractivity contribution is 9.09. The smallest absolute Gasteiger partial charge is 0.0199 e. The Kier molecular flexibility index (Phi) is 3.31. The van der Waals surface area contributed by atoms with E-state index in [0.717, 1.165) is 23.2 Å². The molecule has 0 spiro atoms.